The van der Waals surface area contributed by atoms with Gasteiger partial charge in [-0.1, -0.05) is 31.9 Å². The molecular weight excluding hydrogens is 296 g/mol. The molecule has 0 spiro atoms. The number of Topliss-reactive ketones (excluding diaryl/α,β-unsaturated/α-hetero) is 1. The molecule has 1 fully saturated rings. The summed E-state index contributed by atoms with van der Waals surface area (Å²) in [5.41, 5.74) is 4.34. The molecule has 20 heavy (non-hydrogen) atoms. The van der Waals surface area contributed by atoms with Crippen molar-refractivity contribution < 1.29 is 14.3 Å². The van der Waals surface area contributed by atoms with Crippen LogP contribution in [0.5, 0.6) is 0 Å². The predicted octanol–water partition coefficient (Wildman–Crippen LogP) is 2.38. The van der Waals surface area contributed by atoms with Gasteiger partial charge < -0.3 is 15.4 Å². The highest BCUT2D eigenvalue weighted by atomic mass is 32.1. The Hall–Kier alpha value is -0.820. The standard InChI is InChI=1S/C12H21NO2S.CH3NOS/c1-9(14)11(15-12(16)13(2)3)10-7-5-4-6-8-10;2-1(3)4/h10-11H,4-8H2,1-3H3;(H3,2,3,4). The first-order valence-corrected chi connectivity index (χ1v) is 7.48. The van der Waals surface area contributed by atoms with Crippen LogP contribution in [0.15, 0.2) is 0 Å². The van der Waals surface area contributed by atoms with Crippen molar-refractivity contribution in [1.29, 1.82) is 0 Å². The number of rotatable bonds is 3. The van der Waals surface area contributed by atoms with Gasteiger partial charge in [0.05, 0.1) is 0 Å². The van der Waals surface area contributed by atoms with E-state index in [1.807, 2.05) is 14.1 Å². The maximum atomic E-state index is 11.6. The smallest absolute Gasteiger partial charge is 0.273 e. The Morgan fingerprint density at radius 1 is 1.30 bits per heavy atom. The van der Waals surface area contributed by atoms with E-state index in [0.29, 0.717) is 11.1 Å². The average molecular weight is 320 g/mol. The highest BCUT2D eigenvalue weighted by Crippen LogP contribution is 2.28. The lowest BCUT2D eigenvalue weighted by Crippen LogP contribution is -2.37. The summed E-state index contributed by atoms with van der Waals surface area (Å²) in [6.45, 7) is 1.59. The molecule has 0 aromatic heterocycles. The third-order valence-electron chi connectivity index (χ3n) is 3.07. The molecule has 2 N–H and O–H groups in total. The molecule has 0 radical (unpaired) electrons. The third-order valence-corrected chi connectivity index (χ3v) is 3.53. The van der Waals surface area contributed by atoms with Crippen molar-refractivity contribution >= 4 is 41.0 Å². The second-order valence-corrected chi connectivity index (χ2v) is 5.84. The van der Waals surface area contributed by atoms with E-state index in [9.17, 15) is 4.79 Å². The molecule has 0 heterocycles. The first-order chi connectivity index (χ1) is 9.25. The van der Waals surface area contributed by atoms with Crippen molar-refractivity contribution in [2.24, 2.45) is 11.7 Å². The van der Waals surface area contributed by atoms with Gasteiger partial charge in [0.2, 0.25) is 0 Å². The van der Waals surface area contributed by atoms with Gasteiger partial charge in [-0.3, -0.25) is 9.59 Å². The summed E-state index contributed by atoms with van der Waals surface area (Å²) in [6.07, 6.45) is 5.51. The normalized spacial score (nSPS) is 16.4. The molecule has 1 amide bonds. The largest absolute Gasteiger partial charge is 0.459 e. The van der Waals surface area contributed by atoms with Crippen LogP contribution in [-0.2, 0) is 9.53 Å². The van der Waals surface area contributed by atoms with Crippen molar-refractivity contribution in [2.45, 2.75) is 45.1 Å². The molecule has 1 saturated carbocycles. The predicted molar refractivity (Wildman–Crippen MR) is 87.0 cm³/mol. The Bertz CT molecular complexity index is 339. The molecule has 7 heteroatoms. The number of thiocarbonyl (C=S) groups is 1. The summed E-state index contributed by atoms with van der Waals surface area (Å²) in [5.74, 6) is 0.445. The minimum Gasteiger partial charge on any atom is -0.459 e. The first-order valence-electron chi connectivity index (χ1n) is 6.62. The van der Waals surface area contributed by atoms with Gasteiger partial charge in [0, 0.05) is 20.0 Å². The van der Waals surface area contributed by atoms with E-state index in [2.05, 4.69) is 18.4 Å². The quantitative estimate of drug-likeness (QED) is 0.617. The number of amides is 1. The molecule has 1 unspecified atom stereocenters. The van der Waals surface area contributed by atoms with Crippen molar-refractivity contribution in [3.8, 4) is 0 Å². The lowest BCUT2D eigenvalue weighted by Gasteiger charge is -2.30. The van der Waals surface area contributed by atoms with Gasteiger partial charge in [0.1, 0.15) is 0 Å². The first kappa shape index (κ1) is 19.2. The van der Waals surface area contributed by atoms with Crippen LogP contribution < -0.4 is 5.73 Å². The van der Waals surface area contributed by atoms with E-state index in [-0.39, 0.29) is 11.9 Å². The molecule has 0 saturated heterocycles. The Labute approximate surface area is 131 Å². The second kappa shape index (κ2) is 9.99. The molecule has 0 aromatic carbocycles. The lowest BCUT2D eigenvalue weighted by molar-refractivity contribution is -0.127. The van der Waals surface area contributed by atoms with Crippen LogP contribution in [0.25, 0.3) is 0 Å². The summed E-state index contributed by atoms with van der Waals surface area (Å²) < 4.78 is 5.62. The number of carbonyl (C=O) groups excluding carboxylic acids is 2. The van der Waals surface area contributed by atoms with Crippen molar-refractivity contribution in [1.82, 2.24) is 4.90 Å². The molecule has 0 bridgehead atoms. The highest BCUT2D eigenvalue weighted by Gasteiger charge is 2.29. The van der Waals surface area contributed by atoms with Gasteiger partial charge in [-0.05, 0) is 32.0 Å². The number of nitrogens with zero attached hydrogens (tertiary/aromatic N) is 1. The minimum atomic E-state index is -0.639. The molecule has 1 aliphatic carbocycles. The fourth-order valence-corrected chi connectivity index (χ4v) is 2.27. The van der Waals surface area contributed by atoms with Crippen LogP contribution in [0, 0.1) is 5.92 Å². The number of hydrogen-bond donors (Lipinski definition) is 2. The van der Waals surface area contributed by atoms with Crippen LogP contribution in [0.3, 0.4) is 0 Å². The fraction of sp³-hybridized carbons (Fsp3) is 0.769. The zero-order valence-electron chi connectivity index (χ0n) is 12.3. The molecular formula is C13H24N2O3S2. The molecule has 1 aliphatic rings. The van der Waals surface area contributed by atoms with E-state index in [0.717, 1.165) is 12.8 Å². The van der Waals surface area contributed by atoms with Gasteiger partial charge in [-0.25, -0.2) is 0 Å². The van der Waals surface area contributed by atoms with Crippen LogP contribution in [-0.4, -0.2) is 41.3 Å². The van der Waals surface area contributed by atoms with Crippen molar-refractivity contribution in [3.05, 3.63) is 0 Å². The van der Waals surface area contributed by atoms with E-state index >= 15 is 0 Å². The van der Waals surface area contributed by atoms with Crippen molar-refractivity contribution in [2.75, 3.05) is 14.1 Å². The SMILES string of the molecule is CC(=O)C(OC(=S)N(C)C)C1CCCCC1.NC(=O)S. The summed E-state index contributed by atoms with van der Waals surface area (Å²) in [4.78, 5) is 22.4. The molecule has 0 aromatic rings. The number of carbonyl (C=O) groups is 2. The molecule has 116 valence electrons. The third kappa shape index (κ3) is 8.37. The molecule has 1 rings (SSSR count). The summed E-state index contributed by atoms with van der Waals surface area (Å²) >= 11 is 8.20. The Kier molecular flexibility index (Phi) is 9.58. The zero-order chi connectivity index (χ0) is 15.7. The number of ether oxygens (including phenoxy) is 1. The highest BCUT2D eigenvalue weighted by molar-refractivity contribution is 7.96. The van der Waals surface area contributed by atoms with Crippen LogP contribution in [0.1, 0.15) is 39.0 Å². The monoisotopic (exact) mass is 320 g/mol. The number of ketones is 1. The van der Waals surface area contributed by atoms with Gasteiger partial charge >= 0.3 is 0 Å². The summed E-state index contributed by atoms with van der Waals surface area (Å²) in [5, 5.41) is -0.231. The van der Waals surface area contributed by atoms with Crippen LogP contribution >= 0.6 is 24.8 Å². The van der Waals surface area contributed by atoms with E-state index in [4.69, 9.17) is 21.7 Å². The van der Waals surface area contributed by atoms with Gasteiger partial charge in [-0.2, -0.15) is 0 Å². The van der Waals surface area contributed by atoms with Gasteiger partial charge in [0.15, 0.2) is 11.9 Å². The lowest BCUT2D eigenvalue weighted by atomic mass is 9.84. The number of nitrogens with two attached hydrogens (primary N) is 1. The van der Waals surface area contributed by atoms with Crippen LogP contribution in [0.4, 0.5) is 4.79 Å². The van der Waals surface area contributed by atoms with E-state index < -0.39 is 5.24 Å². The zero-order valence-corrected chi connectivity index (χ0v) is 14.0. The van der Waals surface area contributed by atoms with E-state index in [1.165, 1.54) is 19.3 Å². The number of hydrogen-bond acceptors (Lipinski definition) is 4. The Morgan fingerprint density at radius 2 is 1.75 bits per heavy atom. The van der Waals surface area contributed by atoms with E-state index in [1.54, 1.807) is 11.8 Å². The molecule has 1 atom stereocenters. The maximum Gasteiger partial charge on any atom is 0.273 e. The second-order valence-electron chi connectivity index (χ2n) is 5.05. The van der Waals surface area contributed by atoms with Crippen molar-refractivity contribution in [3.63, 3.8) is 0 Å². The average Bonchev–Trinajstić information content (AvgIpc) is 2.35. The Balaban J connectivity index is 0.000000796. The maximum absolute atomic E-state index is 11.6. The Morgan fingerprint density at radius 3 is 2.10 bits per heavy atom. The summed E-state index contributed by atoms with van der Waals surface area (Å²) in [6, 6.07) is 0. The fourth-order valence-electron chi connectivity index (χ4n) is 2.16. The van der Waals surface area contributed by atoms with Gasteiger partial charge in [-0.15, -0.1) is 0 Å². The molecule has 5 nitrogen and oxygen atoms in total. The summed E-state index contributed by atoms with van der Waals surface area (Å²) in [7, 11) is 3.67. The minimum absolute atomic E-state index is 0.0936. The topological polar surface area (TPSA) is 72.6 Å². The number of primary amides is 1. The number of thiol groups is 1. The van der Waals surface area contributed by atoms with Gasteiger partial charge in [0.25, 0.3) is 10.4 Å². The molecule has 0 aliphatic heterocycles. The van der Waals surface area contributed by atoms with Crippen LogP contribution in [0.2, 0.25) is 0 Å².